The van der Waals surface area contributed by atoms with Crippen LogP contribution in [-0.2, 0) is 11.0 Å². The third kappa shape index (κ3) is 5.31. The minimum atomic E-state index is -4.44. The highest BCUT2D eigenvalue weighted by Crippen LogP contribution is 2.37. The average Bonchev–Trinajstić information content (AvgIpc) is 2.88. The Morgan fingerprint density at radius 3 is 2.30 bits per heavy atom. The van der Waals surface area contributed by atoms with Crippen LogP contribution in [0.15, 0.2) is 30.3 Å². The average molecular weight is 523 g/mol. The number of hydrogen-bond donors (Lipinski definition) is 2. The van der Waals surface area contributed by atoms with Gasteiger partial charge in [0.15, 0.2) is 17.3 Å². The fourth-order valence-corrected chi connectivity index (χ4v) is 4.19. The van der Waals surface area contributed by atoms with E-state index < -0.39 is 23.6 Å². The van der Waals surface area contributed by atoms with Crippen LogP contribution in [0.4, 0.5) is 29.3 Å². The van der Waals surface area contributed by atoms with Crippen molar-refractivity contribution in [3.8, 4) is 11.5 Å². The Morgan fingerprint density at radius 1 is 1.08 bits per heavy atom. The first kappa shape index (κ1) is 26.2. The van der Waals surface area contributed by atoms with E-state index >= 15 is 4.39 Å². The van der Waals surface area contributed by atoms with E-state index in [1.807, 2.05) is 0 Å². The number of methoxy groups -OCH3 is 2. The summed E-state index contributed by atoms with van der Waals surface area (Å²) in [5.74, 6) is -0.603. The van der Waals surface area contributed by atoms with Crippen LogP contribution in [0.25, 0.3) is 10.9 Å². The van der Waals surface area contributed by atoms with Gasteiger partial charge in [0.2, 0.25) is 11.9 Å². The number of nitrogen functional groups attached to an aromatic ring is 1. The molecule has 2 aromatic carbocycles. The summed E-state index contributed by atoms with van der Waals surface area (Å²) in [6.45, 7) is 1.38. The first-order valence-corrected chi connectivity index (χ1v) is 11.4. The second-order valence-corrected chi connectivity index (χ2v) is 8.53. The number of fused-ring (bicyclic) bond motifs is 1. The molecule has 0 unspecified atom stereocenters. The second kappa shape index (κ2) is 10.2. The van der Waals surface area contributed by atoms with E-state index in [2.05, 4.69) is 9.97 Å². The SMILES string of the molecule is COc1cc2c(N)nc(N3CCN(C(=O)C[C@@H](N)c4ccc(C(F)(F)F)cc4)CC3)nc2c(F)c1OC. The van der Waals surface area contributed by atoms with Gasteiger partial charge in [-0.2, -0.15) is 18.2 Å². The highest BCUT2D eigenvalue weighted by Gasteiger charge is 2.31. The van der Waals surface area contributed by atoms with Crippen molar-refractivity contribution in [3.05, 3.63) is 47.3 Å². The molecule has 0 aliphatic carbocycles. The van der Waals surface area contributed by atoms with Crippen LogP contribution in [0.2, 0.25) is 0 Å². The van der Waals surface area contributed by atoms with Gasteiger partial charge in [-0.25, -0.2) is 9.37 Å². The fraction of sp³-hybridized carbons (Fsp3) is 0.375. The summed E-state index contributed by atoms with van der Waals surface area (Å²) in [5.41, 5.74) is 11.8. The lowest BCUT2D eigenvalue weighted by Crippen LogP contribution is -2.49. The molecule has 4 rings (SSSR count). The van der Waals surface area contributed by atoms with Crippen LogP contribution in [0.1, 0.15) is 23.6 Å². The zero-order valence-electron chi connectivity index (χ0n) is 20.2. The summed E-state index contributed by atoms with van der Waals surface area (Å²) < 4.78 is 63.6. The predicted octanol–water partition coefficient (Wildman–Crippen LogP) is 3.13. The number of ether oxygens (including phenoxy) is 2. The topological polar surface area (TPSA) is 120 Å². The molecule has 198 valence electrons. The molecule has 0 bridgehead atoms. The molecule has 0 saturated carbocycles. The van der Waals surface area contributed by atoms with Crippen LogP contribution in [0, 0.1) is 5.82 Å². The van der Waals surface area contributed by atoms with Crippen LogP contribution >= 0.6 is 0 Å². The second-order valence-electron chi connectivity index (χ2n) is 8.53. The molecule has 37 heavy (non-hydrogen) atoms. The number of alkyl halides is 3. The molecule has 1 aliphatic heterocycles. The van der Waals surface area contributed by atoms with E-state index in [-0.39, 0.29) is 46.5 Å². The molecule has 1 fully saturated rings. The summed E-state index contributed by atoms with van der Waals surface area (Å²) in [6, 6.07) is 5.22. The summed E-state index contributed by atoms with van der Waals surface area (Å²) in [7, 11) is 2.70. The van der Waals surface area contributed by atoms with Crippen molar-refractivity contribution in [2.24, 2.45) is 5.73 Å². The number of hydrogen-bond acceptors (Lipinski definition) is 8. The number of nitrogens with two attached hydrogens (primary N) is 2. The van der Waals surface area contributed by atoms with Crippen molar-refractivity contribution in [2.75, 3.05) is 51.0 Å². The largest absolute Gasteiger partial charge is 0.493 e. The van der Waals surface area contributed by atoms with Crippen LogP contribution in [0.3, 0.4) is 0 Å². The lowest BCUT2D eigenvalue weighted by atomic mass is 10.0. The van der Waals surface area contributed by atoms with Gasteiger partial charge in [0.25, 0.3) is 0 Å². The monoisotopic (exact) mass is 522 g/mol. The van der Waals surface area contributed by atoms with Gasteiger partial charge in [-0.3, -0.25) is 4.79 Å². The Kier molecular flexibility index (Phi) is 7.25. The Hall–Kier alpha value is -3.87. The fourth-order valence-electron chi connectivity index (χ4n) is 4.19. The maximum atomic E-state index is 15.1. The summed E-state index contributed by atoms with van der Waals surface area (Å²) in [4.78, 5) is 24.8. The predicted molar refractivity (Wildman–Crippen MR) is 129 cm³/mol. The number of piperazine rings is 1. The van der Waals surface area contributed by atoms with Crippen molar-refractivity contribution < 1.29 is 31.8 Å². The number of amides is 1. The Balaban J connectivity index is 1.42. The molecular formula is C24H26F4N6O3. The van der Waals surface area contributed by atoms with Gasteiger partial charge < -0.3 is 30.7 Å². The minimum Gasteiger partial charge on any atom is -0.493 e. The van der Waals surface area contributed by atoms with Crippen molar-refractivity contribution in [1.82, 2.24) is 14.9 Å². The lowest BCUT2D eigenvalue weighted by molar-refractivity contribution is -0.137. The van der Waals surface area contributed by atoms with E-state index in [4.69, 9.17) is 20.9 Å². The first-order valence-electron chi connectivity index (χ1n) is 11.4. The van der Waals surface area contributed by atoms with Gasteiger partial charge in [0, 0.05) is 44.0 Å². The van der Waals surface area contributed by atoms with Crippen molar-refractivity contribution >= 4 is 28.6 Å². The van der Waals surface area contributed by atoms with Gasteiger partial charge >= 0.3 is 6.18 Å². The molecule has 9 nitrogen and oxygen atoms in total. The molecular weight excluding hydrogens is 496 g/mol. The molecule has 0 radical (unpaired) electrons. The summed E-state index contributed by atoms with van der Waals surface area (Å²) in [5, 5.41) is 0.282. The zero-order valence-corrected chi connectivity index (χ0v) is 20.2. The van der Waals surface area contributed by atoms with Crippen LogP contribution < -0.4 is 25.8 Å². The maximum absolute atomic E-state index is 15.1. The van der Waals surface area contributed by atoms with Gasteiger partial charge in [0.05, 0.1) is 19.8 Å². The highest BCUT2D eigenvalue weighted by molar-refractivity contribution is 5.92. The third-order valence-corrected chi connectivity index (χ3v) is 6.27. The van der Waals surface area contributed by atoms with E-state index in [9.17, 15) is 18.0 Å². The molecule has 3 aromatic rings. The zero-order chi connectivity index (χ0) is 26.9. The van der Waals surface area contributed by atoms with Crippen molar-refractivity contribution in [3.63, 3.8) is 0 Å². The van der Waals surface area contributed by atoms with Crippen LogP contribution in [0.5, 0.6) is 11.5 Å². The number of carbonyl (C=O) groups is 1. The molecule has 1 amide bonds. The number of benzene rings is 2. The molecule has 0 spiro atoms. The third-order valence-electron chi connectivity index (χ3n) is 6.27. The van der Waals surface area contributed by atoms with E-state index in [0.717, 1.165) is 12.1 Å². The van der Waals surface area contributed by atoms with Gasteiger partial charge in [0.1, 0.15) is 11.3 Å². The molecule has 1 saturated heterocycles. The Labute approximate surface area is 210 Å². The lowest BCUT2D eigenvalue weighted by Gasteiger charge is -2.35. The van der Waals surface area contributed by atoms with E-state index in [0.29, 0.717) is 31.7 Å². The van der Waals surface area contributed by atoms with Gasteiger partial charge in [-0.1, -0.05) is 12.1 Å². The number of carbonyl (C=O) groups excluding carboxylic acids is 1. The minimum absolute atomic E-state index is 0.0128. The molecule has 2 heterocycles. The number of anilines is 2. The quantitative estimate of drug-likeness (QED) is 0.474. The molecule has 1 atom stereocenters. The molecule has 1 aliphatic rings. The smallest absolute Gasteiger partial charge is 0.416 e. The number of rotatable bonds is 6. The first-order chi connectivity index (χ1) is 17.5. The summed E-state index contributed by atoms with van der Waals surface area (Å²) in [6.07, 6.45) is -4.50. The van der Waals surface area contributed by atoms with Crippen molar-refractivity contribution in [2.45, 2.75) is 18.6 Å². The van der Waals surface area contributed by atoms with Gasteiger partial charge in [-0.15, -0.1) is 0 Å². The molecule has 13 heteroatoms. The van der Waals surface area contributed by atoms with Crippen molar-refractivity contribution in [1.29, 1.82) is 0 Å². The number of nitrogens with zero attached hydrogens (tertiary/aromatic N) is 4. The number of aromatic nitrogens is 2. The highest BCUT2D eigenvalue weighted by atomic mass is 19.4. The molecule has 1 aromatic heterocycles. The Bertz CT molecular complexity index is 1290. The Morgan fingerprint density at radius 2 is 1.73 bits per heavy atom. The standard InChI is InChI=1S/C24H26F4N6O3/c1-36-17-11-15-20(19(25)21(17)37-2)31-23(32-22(15)30)34-9-7-33(8-10-34)18(35)12-16(29)13-3-5-14(6-4-13)24(26,27)28/h3-6,11,16H,7-10,12,29H2,1-2H3,(H2,30,31,32)/t16-/m1/s1. The maximum Gasteiger partial charge on any atom is 0.416 e. The summed E-state index contributed by atoms with van der Waals surface area (Å²) >= 11 is 0. The van der Waals surface area contributed by atoms with Gasteiger partial charge in [-0.05, 0) is 23.8 Å². The number of halogens is 4. The normalized spacial score (nSPS) is 15.1. The van der Waals surface area contributed by atoms with E-state index in [1.54, 1.807) is 9.80 Å². The van der Waals surface area contributed by atoms with E-state index in [1.165, 1.54) is 32.4 Å². The van der Waals surface area contributed by atoms with Crippen LogP contribution in [-0.4, -0.2) is 61.2 Å². The molecule has 4 N–H and O–H groups in total.